The molecule has 1 aliphatic rings. The molecule has 2 atom stereocenters. The number of methoxy groups -OCH3 is 1. The average Bonchev–Trinajstić information content (AvgIpc) is 2.62. The molecule has 1 fully saturated rings. The van der Waals surface area contributed by atoms with Crippen molar-refractivity contribution in [1.82, 2.24) is 10.3 Å². The molecule has 2 heterocycles. The molecule has 0 radical (unpaired) electrons. The van der Waals surface area contributed by atoms with Crippen LogP contribution < -0.4 is 14.8 Å². The fraction of sp³-hybridized carbons (Fsp3) is 0.353. The van der Waals surface area contributed by atoms with Crippen molar-refractivity contribution >= 4 is 0 Å². The number of benzene rings is 1. The molecule has 0 aliphatic carbocycles. The summed E-state index contributed by atoms with van der Waals surface area (Å²) in [4.78, 5) is 4.34. The number of rotatable bonds is 5. The Bertz CT molecular complexity index is 633. The highest BCUT2D eigenvalue weighted by atomic mass is 19.1. The molecule has 1 N–H and O–H groups in total. The van der Waals surface area contributed by atoms with Gasteiger partial charge in [-0.2, -0.15) is 0 Å². The number of ether oxygens (including phenoxy) is 3. The van der Waals surface area contributed by atoms with Crippen LogP contribution in [0.1, 0.15) is 11.8 Å². The van der Waals surface area contributed by atoms with Crippen LogP contribution in [0, 0.1) is 5.82 Å². The number of morpholine rings is 1. The number of para-hydroxylation sites is 1. The monoisotopic (exact) mass is 318 g/mol. The van der Waals surface area contributed by atoms with E-state index in [-0.39, 0.29) is 11.9 Å². The number of pyridine rings is 1. The molecule has 0 spiro atoms. The van der Waals surface area contributed by atoms with Gasteiger partial charge in [0.1, 0.15) is 6.10 Å². The number of nitrogens with one attached hydrogen (secondary N) is 1. The summed E-state index contributed by atoms with van der Waals surface area (Å²) in [6.45, 7) is 1.97. The van der Waals surface area contributed by atoms with E-state index in [4.69, 9.17) is 14.2 Å². The van der Waals surface area contributed by atoms with E-state index in [0.717, 1.165) is 6.54 Å². The standard InChI is InChI=1S/C17H19FN2O3/c1-21-14-7-4-5-12(18)16(14)23-17(13-6-2-3-8-20-13)15-11-19-9-10-22-15/h2-8,15,17,19H,9-11H2,1H3/t15-,17?/m0/s1. The smallest absolute Gasteiger partial charge is 0.197 e. The molecule has 1 unspecified atom stereocenters. The van der Waals surface area contributed by atoms with Crippen LogP contribution in [-0.4, -0.2) is 37.9 Å². The predicted molar refractivity (Wildman–Crippen MR) is 83.2 cm³/mol. The Balaban J connectivity index is 1.93. The Kier molecular flexibility index (Phi) is 5.05. The van der Waals surface area contributed by atoms with Crippen LogP contribution in [0.15, 0.2) is 42.6 Å². The van der Waals surface area contributed by atoms with Crippen LogP contribution in [0.3, 0.4) is 0 Å². The van der Waals surface area contributed by atoms with Gasteiger partial charge in [-0.25, -0.2) is 4.39 Å². The fourth-order valence-electron chi connectivity index (χ4n) is 2.54. The lowest BCUT2D eigenvalue weighted by Gasteiger charge is -2.31. The van der Waals surface area contributed by atoms with E-state index in [2.05, 4.69) is 10.3 Å². The first-order valence-electron chi connectivity index (χ1n) is 7.52. The van der Waals surface area contributed by atoms with Crippen LogP contribution >= 0.6 is 0 Å². The minimum atomic E-state index is -0.533. The first kappa shape index (κ1) is 15.7. The number of aromatic nitrogens is 1. The highest BCUT2D eigenvalue weighted by Gasteiger charge is 2.30. The molecule has 1 saturated heterocycles. The molecule has 0 bridgehead atoms. The van der Waals surface area contributed by atoms with E-state index in [1.54, 1.807) is 18.3 Å². The first-order valence-corrected chi connectivity index (χ1v) is 7.52. The summed E-state index contributed by atoms with van der Waals surface area (Å²) in [6, 6.07) is 10.1. The van der Waals surface area contributed by atoms with Crippen molar-refractivity contribution in [3.63, 3.8) is 0 Å². The van der Waals surface area contributed by atoms with Gasteiger partial charge in [0.2, 0.25) is 0 Å². The molecule has 23 heavy (non-hydrogen) atoms. The van der Waals surface area contributed by atoms with Crippen molar-refractivity contribution < 1.29 is 18.6 Å². The molecule has 2 aromatic rings. The van der Waals surface area contributed by atoms with Gasteiger partial charge in [0.05, 0.1) is 19.4 Å². The van der Waals surface area contributed by atoms with Crippen LogP contribution in [0.2, 0.25) is 0 Å². The van der Waals surface area contributed by atoms with Crippen molar-refractivity contribution in [2.24, 2.45) is 0 Å². The minimum Gasteiger partial charge on any atom is -0.493 e. The van der Waals surface area contributed by atoms with E-state index in [1.165, 1.54) is 13.2 Å². The molecule has 122 valence electrons. The minimum absolute atomic E-state index is 0.0693. The van der Waals surface area contributed by atoms with Gasteiger partial charge in [-0.05, 0) is 24.3 Å². The zero-order valence-corrected chi connectivity index (χ0v) is 12.9. The van der Waals surface area contributed by atoms with Crippen LogP contribution in [-0.2, 0) is 4.74 Å². The van der Waals surface area contributed by atoms with Crippen molar-refractivity contribution in [3.05, 3.63) is 54.1 Å². The van der Waals surface area contributed by atoms with E-state index in [0.29, 0.717) is 24.6 Å². The molecule has 3 rings (SSSR count). The van der Waals surface area contributed by atoms with Gasteiger partial charge in [-0.1, -0.05) is 12.1 Å². The first-order chi connectivity index (χ1) is 11.3. The Morgan fingerprint density at radius 1 is 1.30 bits per heavy atom. The topological polar surface area (TPSA) is 52.6 Å². The summed E-state index contributed by atoms with van der Waals surface area (Å²) in [7, 11) is 1.48. The molecule has 1 aliphatic heterocycles. The fourth-order valence-corrected chi connectivity index (χ4v) is 2.54. The molecule has 0 saturated carbocycles. The lowest BCUT2D eigenvalue weighted by molar-refractivity contribution is -0.0463. The summed E-state index contributed by atoms with van der Waals surface area (Å²) >= 11 is 0. The summed E-state index contributed by atoms with van der Waals surface area (Å²) < 4.78 is 31.2. The molecule has 6 heteroatoms. The van der Waals surface area contributed by atoms with Gasteiger partial charge in [0.25, 0.3) is 0 Å². The van der Waals surface area contributed by atoms with E-state index in [1.807, 2.05) is 18.2 Å². The SMILES string of the molecule is COc1cccc(F)c1OC(c1ccccn1)[C@@H]1CNCCO1. The lowest BCUT2D eigenvalue weighted by atomic mass is 10.1. The van der Waals surface area contributed by atoms with Crippen molar-refractivity contribution in [2.75, 3.05) is 26.8 Å². The molecule has 1 aromatic carbocycles. The molecular formula is C17H19FN2O3. The van der Waals surface area contributed by atoms with Crippen LogP contribution in [0.5, 0.6) is 11.5 Å². The van der Waals surface area contributed by atoms with E-state index < -0.39 is 11.9 Å². The zero-order valence-electron chi connectivity index (χ0n) is 12.9. The third kappa shape index (κ3) is 3.60. The van der Waals surface area contributed by atoms with Gasteiger partial charge >= 0.3 is 0 Å². The third-order valence-electron chi connectivity index (χ3n) is 3.67. The quantitative estimate of drug-likeness (QED) is 0.917. The normalized spacial score (nSPS) is 19.1. The Morgan fingerprint density at radius 3 is 2.91 bits per heavy atom. The van der Waals surface area contributed by atoms with Crippen LogP contribution in [0.4, 0.5) is 4.39 Å². The maximum Gasteiger partial charge on any atom is 0.197 e. The third-order valence-corrected chi connectivity index (χ3v) is 3.67. The second kappa shape index (κ2) is 7.39. The Morgan fingerprint density at radius 2 is 2.22 bits per heavy atom. The number of hydrogen-bond donors (Lipinski definition) is 1. The Hall–Kier alpha value is -2.18. The maximum absolute atomic E-state index is 14.2. The van der Waals surface area contributed by atoms with Crippen molar-refractivity contribution in [2.45, 2.75) is 12.2 Å². The average molecular weight is 318 g/mol. The maximum atomic E-state index is 14.2. The summed E-state index contributed by atoms with van der Waals surface area (Å²) in [5.41, 5.74) is 0.687. The molecule has 0 amide bonds. The lowest BCUT2D eigenvalue weighted by Crippen LogP contribution is -2.43. The highest BCUT2D eigenvalue weighted by Crippen LogP contribution is 2.35. The molecular weight excluding hydrogens is 299 g/mol. The number of hydrogen-bond acceptors (Lipinski definition) is 5. The van der Waals surface area contributed by atoms with Gasteiger partial charge in [-0.3, -0.25) is 4.98 Å². The van der Waals surface area contributed by atoms with Gasteiger partial charge in [0, 0.05) is 19.3 Å². The van der Waals surface area contributed by atoms with E-state index >= 15 is 0 Å². The summed E-state index contributed by atoms with van der Waals surface area (Å²) in [6.07, 6.45) is 0.887. The second-order valence-electron chi connectivity index (χ2n) is 5.18. The summed E-state index contributed by atoms with van der Waals surface area (Å²) in [5, 5.41) is 3.26. The van der Waals surface area contributed by atoms with Gasteiger partial charge < -0.3 is 19.5 Å². The van der Waals surface area contributed by atoms with Crippen molar-refractivity contribution in [3.8, 4) is 11.5 Å². The highest BCUT2D eigenvalue weighted by molar-refractivity contribution is 5.41. The summed E-state index contributed by atoms with van der Waals surface area (Å²) in [5.74, 6) is -0.0661. The predicted octanol–water partition coefficient (Wildman–Crippen LogP) is 2.34. The Labute approximate surface area is 134 Å². The second-order valence-corrected chi connectivity index (χ2v) is 5.18. The number of nitrogens with zero attached hydrogens (tertiary/aromatic N) is 1. The zero-order chi connectivity index (χ0) is 16.1. The van der Waals surface area contributed by atoms with Crippen LogP contribution in [0.25, 0.3) is 0 Å². The van der Waals surface area contributed by atoms with Gasteiger partial charge in [-0.15, -0.1) is 0 Å². The number of halogens is 1. The molecule has 1 aromatic heterocycles. The van der Waals surface area contributed by atoms with Gasteiger partial charge in [0.15, 0.2) is 23.4 Å². The largest absolute Gasteiger partial charge is 0.493 e. The van der Waals surface area contributed by atoms with Crippen molar-refractivity contribution in [1.29, 1.82) is 0 Å². The molecule has 5 nitrogen and oxygen atoms in total. The van der Waals surface area contributed by atoms with E-state index in [9.17, 15) is 4.39 Å².